The first-order valence-electron chi connectivity index (χ1n) is 8.80. The number of carbonyl (C=O) groups is 1. The summed E-state index contributed by atoms with van der Waals surface area (Å²) in [5.41, 5.74) is 1.89. The molecule has 0 N–H and O–H groups in total. The molecule has 4 nitrogen and oxygen atoms in total. The van der Waals surface area contributed by atoms with Crippen LogP contribution >= 0.6 is 23.2 Å². The lowest BCUT2D eigenvalue weighted by molar-refractivity contribution is -0.132. The van der Waals surface area contributed by atoms with Gasteiger partial charge in [0, 0.05) is 16.9 Å². The number of anilines is 1. The Morgan fingerprint density at radius 2 is 1.68 bits per heavy atom. The summed E-state index contributed by atoms with van der Waals surface area (Å²) in [5.74, 6) is 0.752. The zero-order valence-electron chi connectivity index (χ0n) is 15.4. The normalized spacial score (nSPS) is 21.4. The molecule has 3 aromatic rings. The third kappa shape index (κ3) is 2.93. The Morgan fingerprint density at radius 1 is 1.00 bits per heavy atom. The van der Waals surface area contributed by atoms with E-state index in [2.05, 4.69) is 4.98 Å². The maximum atomic E-state index is 13.4. The van der Waals surface area contributed by atoms with E-state index in [0.29, 0.717) is 10.2 Å². The predicted octanol–water partition coefficient (Wildman–Crippen LogP) is 5.44. The lowest BCUT2D eigenvalue weighted by atomic mass is 9.65. The van der Waals surface area contributed by atoms with E-state index in [1.165, 1.54) is 0 Å². The van der Waals surface area contributed by atoms with E-state index in [-0.39, 0.29) is 11.9 Å². The highest BCUT2D eigenvalue weighted by molar-refractivity contribution is 6.30. The number of halogens is 2. The summed E-state index contributed by atoms with van der Waals surface area (Å²) in [6.07, 6.45) is 1.73. The molecule has 1 fully saturated rings. The van der Waals surface area contributed by atoms with Crippen molar-refractivity contribution in [1.82, 2.24) is 4.98 Å². The number of nitrogens with zero attached hydrogens (tertiary/aromatic N) is 2. The number of benzene rings is 2. The molecular weight excluding hydrogens is 395 g/mol. The standard InChI is InChI=1S/C22H18Cl2N2O2/c1-22(15-4-6-16(23)7-5-15)20(14-3-12-19(24)25-13-14)26(21(22)27)17-8-10-18(28-2)11-9-17/h3-13,20H,1-2H3/t20-,22-/m0/s1. The van der Waals surface area contributed by atoms with Crippen LogP contribution in [0.4, 0.5) is 5.69 Å². The Kier molecular flexibility index (Phi) is 4.77. The van der Waals surface area contributed by atoms with Gasteiger partial charge in [-0.05, 0) is 60.5 Å². The van der Waals surface area contributed by atoms with Crippen molar-refractivity contribution in [2.75, 3.05) is 12.0 Å². The molecule has 1 saturated heterocycles. The summed E-state index contributed by atoms with van der Waals surface area (Å²) < 4.78 is 5.23. The largest absolute Gasteiger partial charge is 0.497 e. The van der Waals surface area contributed by atoms with E-state index in [4.69, 9.17) is 27.9 Å². The van der Waals surface area contributed by atoms with Crippen LogP contribution in [0.15, 0.2) is 66.9 Å². The first-order valence-corrected chi connectivity index (χ1v) is 9.56. The van der Waals surface area contributed by atoms with E-state index in [0.717, 1.165) is 22.6 Å². The second-order valence-corrected chi connectivity index (χ2v) is 7.72. The SMILES string of the molecule is COc1ccc(N2C(=O)[C@@](C)(c3ccc(Cl)cc3)[C@@H]2c2ccc(Cl)nc2)cc1. The minimum absolute atomic E-state index is 0.0138. The summed E-state index contributed by atoms with van der Waals surface area (Å²) in [7, 11) is 1.61. The van der Waals surface area contributed by atoms with Gasteiger partial charge in [0.1, 0.15) is 10.9 Å². The number of ether oxygens (including phenoxy) is 1. The molecule has 0 bridgehead atoms. The van der Waals surface area contributed by atoms with E-state index in [1.807, 2.05) is 61.5 Å². The molecule has 0 aliphatic carbocycles. The molecule has 1 aliphatic heterocycles. The van der Waals surface area contributed by atoms with Crippen molar-refractivity contribution in [3.05, 3.63) is 88.2 Å². The minimum atomic E-state index is -0.736. The molecule has 2 aromatic carbocycles. The van der Waals surface area contributed by atoms with Gasteiger partial charge in [-0.1, -0.05) is 41.4 Å². The monoisotopic (exact) mass is 412 g/mol. The first kappa shape index (κ1) is 18.8. The van der Waals surface area contributed by atoms with Crippen LogP contribution in [0.5, 0.6) is 5.75 Å². The molecule has 2 atom stereocenters. The molecule has 1 aromatic heterocycles. The molecule has 0 radical (unpaired) electrons. The number of aromatic nitrogens is 1. The van der Waals surface area contributed by atoms with Crippen LogP contribution in [0.3, 0.4) is 0 Å². The summed E-state index contributed by atoms with van der Waals surface area (Å²) in [5, 5.41) is 1.05. The predicted molar refractivity (Wildman–Crippen MR) is 111 cm³/mol. The van der Waals surface area contributed by atoms with Crippen LogP contribution in [0.2, 0.25) is 10.2 Å². The highest BCUT2D eigenvalue weighted by Gasteiger charge is 2.59. The molecular formula is C22H18Cl2N2O2. The Morgan fingerprint density at radius 3 is 2.25 bits per heavy atom. The zero-order chi connectivity index (χ0) is 19.9. The van der Waals surface area contributed by atoms with Crippen LogP contribution in [-0.4, -0.2) is 18.0 Å². The second-order valence-electron chi connectivity index (χ2n) is 6.90. The third-order valence-electron chi connectivity index (χ3n) is 5.33. The number of carbonyl (C=O) groups excluding carboxylic acids is 1. The summed E-state index contributed by atoms with van der Waals surface area (Å²) in [6, 6.07) is 18.3. The van der Waals surface area contributed by atoms with Gasteiger partial charge in [0.25, 0.3) is 0 Å². The summed E-state index contributed by atoms with van der Waals surface area (Å²) >= 11 is 12.0. The molecule has 4 rings (SSSR count). The Hall–Kier alpha value is -2.56. The molecule has 28 heavy (non-hydrogen) atoms. The third-order valence-corrected chi connectivity index (χ3v) is 5.80. The van der Waals surface area contributed by atoms with Crippen LogP contribution in [0.1, 0.15) is 24.1 Å². The van der Waals surface area contributed by atoms with Crippen molar-refractivity contribution < 1.29 is 9.53 Å². The number of pyridine rings is 1. The number of methoxy groups -OCH3 is 1. The topological polar surface area (TPSA) is 42.4 Å². The van der Waals surface area contributed by atoms with Crippen LogP contribution in [0.25, 0.3) is 0 Å². The summed E-state index contributed by atoms with van der Waals surface area (Å²) in [4.78, 5) is 19.4. The van der Waals surface area contributed by atoms with Crippen molar-refractivity contribution in [2.45, 2.75) is 18.4 Å². The maximum absolute atomic E-state index is 13.4. The average molecular weight is 413 g/mol. The van der Waals surface area contributed by atoms with Crippen LogP contribution < -0.4 is 9.64 Å². The molecule has 1 amide bonds. The number of rotatable bonds is 4. The molecule has 6 heteroatoms. The highest BCUT2D eigenvalue weighted by Crippen LogP contribution is 2.53. The molecule has 0 saturated carbocycles. The minimum Gasteiger partial charge on any atom is -0.497 e. The van der Waals surface area contributed by atoms with Gasteiger partial charge in [0.15, 0.2) is 0 Å². The molecule has 142 valence electrons. The first-order chi connectivity index (χ1) is 13.4. The van der Waals surface area contributed by atoms with E-state index < -0.39 is 5.41 Å². The average Bonchev–Trinajstić information content (AvgIpc) is 2.72. The smallest absolute Gasteiger partial charge is 0.240 e. The fourth-order valence-electron chi connectivity index (χ4n) is 3.79. The van der Waals surface area contributed by atoms with Crippen molar-refractivity contribution in [1.29, 1.82) is 0 Å². The molecule has 1 aliphatic rings. The van der Waals surface area contributed by atoms with Gasteiger partial charge in [0.05, 0.1) is 18.6 Å². The van der Waals surface area contributed by atoms with Gasteiger partial charge in [-0.25, -0.2) is 4.98 Å². The van der Waals surface area contributed by atoms with Crippen molar-refractivity contribution in [3.63, 3.8) is 0 Å². The Balaban J connectivity index is 1.81. The van der Waals surface area contributed by atoms with Gasteiger partial charge in [-0.15, -0.1) is 0 Å². The van der Waals surface area contributed by atoms with Gasteiger partial charge in [-0.2, -0.15) is 0 Å². The van der Waals surface area contributed by atoms with Crippen LogP contribution in [-0.2, 0) is 10.2 Å². The number of hydrogen-bond donors (Lipinski definition) is 0. The lowest BCUT2D eigenvalue weighted by Crippen LogP contribution is -2.65. The summed E-state index contributed by atoms with van der Waals surface area (Å²) in [6.45, 7) is 1.96. The van der Waals surface area contributed by atoms with E-state index >= 15 is 0 Å². The van der Waals surface area contributed by atoms with Gasteiger partial charge < -0.3 is 9.64 Å². The maximum Gasteiger partial charge on any atom is 0.240 e. The zero-order valence-corrected chi connectivity index (χ0v) is 16.9. The fraction of sp³-hybridized carbons (Fsp3) is 0.182. The number of amides is 1. The molecule has 0 spiro atoms. The Bertz CT molecular complexity index is 1000. The van der Waals surface area contributed by atoms with Crippen LogP contribution in [0, 0.1) is 0 Å². The van der Waals surface area contributed by atoms with Gasteiger partial charge >= 0.3 is 0 Å². The van der Waals surface area contributed by atoms with Crippen molar-refractivity contribution >= 4 is 34.8 Å². The second kappa shape index (κ2) is 7.12. The number of β-lactam (4-membered cyclic amide) rings is 1. The van der Waals surface area contributed by atoms with E-state index in [9.17, 15) is 4.79 Å². The lowest BCUT2D eigenvalue weighted by Gasteiger charge is -2.55. The van der Waals surface area contributed by atoms with Crippen molar-refractivity contribution in [3.8, 4) is 5.75 Å². The fourth-order valence-corrected chi connectivity index (χ4v) is 4.03. The molecule has 2 heterocycles. The highest BCUT2D eigenvalue weighted by atomic mass is 35.5. The van der Waals surface area contributed by atoms with Gasteiger partial charge in [0.2, 0.25) is 5.91 Å². The molecule has 0 unspecified atom stereocenters. The Labute approximate surface area is 173 Å². The van der Waals surface area contributed by atoms with E-state index in [1.54, 1.807) is 24.3 Å². The van der Waals surface area contributed by atoms with Crippen molar-refractivity contribution in [2.24, 2.45) is 0 Å². The van der Waals surface area contributed by atoms with Gasteiger partial charge in [-0.3, -0.25) is 4.79 Å². The quantitative estimate of drug-likeness (QED) is 0.422. The number of hydrogen-bond acceptors (Lipinski definition) is 3.